The van der Waals surface area contributed by atoms with Gasteiger partial charge in [0.15, 0.2) is 0 Å². The minimum atomic E-state index is 0.564. The van der Waals surface area contributed by atoms with Crippen molar-refractivity contribution >= 4 is 17.3 Å². The molecule has 1 N–H and O–H groups in total. The fourth-order valence-corrected chi connectivity index (χ4v) is 4.28. The third kappa shape index (κ3) is 4.69. The molecule has 8 nitrogen and oxygen atoms in total. The van der Waals surface area contributed by atoms with Crippen molar-refractivity contribution in [2.75, 3.05) is 57.9 Å². The summed E-state index contributed by atoms with van der Waals surface area (Å²) < 4.78 is 13.6. The minimum absolute atomic E-state index is 0.564. The van der Waals surface area contributed by atoms with E-state index in [1.165, 1.54) is 5.69 Å². The number of methoxy groups -OCH3 is 1. The molecule has 4 rings (SSSR count). The topological polar surface area (TPSA) is 74.8 Å². The van der Waals surface area contributed by atoms with Crippen LogP contribution in [0.25, 0.3) is 0 Å². The number of oxime groups is 1. The first-order chi connectivity index (χ1) is 15.2. The zero-order valence-electron chi connectivity index (χ0n) is 18.3. The number of rotatable bonds is 6. The van der Waals surface area contributed by atoms with Crippen molar-refractivity contribution < 1.29 is 14.7 Å². The fourth-order valence-electron chi connectivity index (χ4n) is 4.28. The lowest BCUT2D eigenvalue weighted by Gasteiger charge is -2.36. The lowest BCUT2D eigenvalue weighted by atomic mass is 10.1. The Morgan fingerprint density at radius 1 is 1.13 bits per heavy atom. The van der Waals surface area contributed by atoms with Crippen LogP contribution in [-0.4, -0.2) is 79.3 Å². The van der Waals surface area contributed by atoms with Gasteiger partial charge >= 0.3 is 0 Å². The van der Waals surface area contributed by atoms with Gasteiger partial charge in [-0.2, -0.15) is 0 Å². The molecule has 0 amide bonds. The van der Waals surface area contributed by atoms with Crippen molar-refractivity contribution in [2.24, 2.45) is 17.2 Å². The van der Waals surface area contributed by atoms with E-state index >= 15 is 0 Å². The number of aliphatic imine (C=N–C) groups is 1. The van der Waals surface area contributed by atoms with E-state index in [0.717, 1.165) is 56.2 Å². The molecule has 3 heterocycles. The smallest absolute Gasteiger partial charge is 0.233 e. The van der Waals surface area contributed by atoms with Crippen molar-refractivity contribution in [1.82, 2.24) is 9.47 Å². The van der Waals surface area contributed by atoms with E-state index in [1.807, 2.05) is 36.0 Å². The molecule has 2 aliphatic rings. The second-order valence-electron chi connectivity index (χ2n) is 7.88. The van der Waals surface area contributed by atoms with E-state index in [-0.39, 0.29) is 0 Å². The molecule has 0 unspecified atom stereocenters. The molecule has 0 spiro atoms. The average molecular weight is 426 g/mol. The molecule has 166 valence electrons. The van der Waals surface area contributed by atoms with E-state index in [0.29, 0.717) is 31.2 Å². The van der Waals surface area contributed by atoms with Crippen LogP contribution in [0.3, 0.4) is 0 Å². The van der Waals surface area contributed by atoms with Crippen molar-refractivity contribution in [3.8, 4) is 5.75 Å². The van der Waals surface area contributed by atoms with E-state index in [2.05, 4.69) is 32.1 Å². The molecular weight excluding hydrogens is 394 g/mol. The molecule has 1 aromatic heterocycles. The van der Waals surface area contributed by atoms with E-state index < -0.39 is 0 Å². The molecule has 0 saturated carbocycles. The van der Waals surface area contributed by atoms with Gasteiger partial charge < -0.3 is 24.1 Å². The zero-order chi connectivity index (χ0) is 21.6. The third-order valence-corrected chi connectivity index (χ3v) is 5.97. The number of hydrogen-bond donors (Lipinski definition) is 1. The van der Waals surface area contributed by atoms with Crippen LogP contribution in [0.15, 0.2) is 46.7 Å². The number of hydrogen-bond acceptors (Lipinski definition) is 7. The summed E-state index contributed by atoms with van der Waals surface area (Å²) in [4.78, 5) is 9.46. The van der Waals surface area contributed by atoms with Crippen LogP contribution in [0.4, 0.5) is 5.69 Å². The Morgan fingerprint density at radius 3 is 2.71 bits per heavy atom. The summed E-state index contributed by atoms with van der Waals surface area (Å²) in [6.07, 6.45) is 3.49. The van der Waals surface area contributed by atoms with Gasteiger partial charge in [-0.3, -0.25) is 4.90 Å². The highest BCUT2D eigenvalue weighted by molar-refractivity contribution is 6.10. The second kappa shape index (κ2) is 9.87. The van der Waals surface area contributed by atoms with Gasteiger partial charge in [-0.25, -0.2) is 4.99 Å². The summed E-state index contributed by atoms with van der Waals surface area (Å²) >= 11 is 0. The molecule has 8 heteroatoms. The number of benzene rings is 1. The second-order valence-corrected chi connectivity index (χ2v) is 7.88. The Morgan fingerprint density at radius 2 is 1.94 bits per heavy atom. The summed E-state index contributed by atoms with van der Waals surface area (Å²) in [6.45, 7) is 6.20. The molecule has 2 aromatic rings. The number of piperazine rings is 1. The van der Waals surface area contributed by atoms with Crippen LogP contribution in [0.1, 0.15) is 24.1 Å². The SMILES string of the molecule is COc1ccccc1N1CCN(CCCOC2=NCCC(=NO)c3ccn(C)c32)CC1. The highest BCUT2D eigenvalue weighted by atomic mass is 16.5. The molecule has 31 heavy (non-hydrogen) atoms. The van der Waals surface area contributed by atoms with E-state index in [4.69, 9.17) is 9.47 Å². The summed E-state index contributed by atoms with van der Waals surface area (Å²) in [6, 6.07) is 10.2. The van der Waals surface area contributed by atoms with Crippen LogP contribution in [0.2, 0.25) is 0 Å². The lowest BCUT2D eigenvalue weighted by Crippen LogP contribution is -2.46. The molecule has 2 aliphatic heterocycles. The van der Waals surface area contributed by atoms with Crippen LogP contribution in [0, 0.1) is 0 Å². The van der Waals surface area contributed by atoms with Gasteiger partial charge in [-0.15, -0.1) is 0 Å². The quantitative estimate of drug-likeness (QED) is 0.437. The van der Waals surface area contributed by atoms with Crippen LogP contribution >= 0.6 is 0 Å². The molecule has 1 saturated heterocycles. The summed E-state index contributed by atoms with van der Waals surface area (Å²) in [5.41, 5.74) is 3.61. The van der Waals surface area contributed by atoms with Gasteiger partial charge in [0.2, 0.25) is 5.90 Å². The molecule has 0 aliphatic carbocycles. The summed E-state index contributed by atoms with van der Waals surface area (Å²) in [7, 11) is 3.68. The lowest BCUT2D eigenvalue weighted by molar-refractivity contribution is 0.219. The van der Waals surface area contributed by atoms with Gasteiger partial charge in [0.25, 0.3) is 0 Å². The number of aromatic nitrogens is 1. The first-order valence-corrected chi connectivity index (χ1v) is 10.9. The maximum absolute atomic E-state index is 9.31. The molecule has 1 fully saturated rings. The predicted molar refractivity (Wildman–Crippen MR) is 122 cm³/mol. The van der Waals surface area contributed by atoms with Crippen LogP contribution < -0.4 is 9.64 Å². The maximum atomic E-state index is 9.31. The van der Waals surface area contributed by atoms with Crippen molar-refractivity contribution in [3.05, 3.63) is 47.8 Å². The van der Waals surface area contributed by atoms with E-state index in [1.54, 1.807) is 7.11 Å². The molecule has 0 bridgehead atoms. The Labute approximate surface area is 183 Å². The number of anilines is 1. The molecular formula is C23H31N5O3. The molecule has 1 aromatic carbocycles. The predicted octanol–water partition coefficient (Wildman–Crippen LogP) is 2.59. The standard InChI is InChI=1S/C23H31N5O3/c1-26-12-9-18-19(25-29)8-10-24-23(22(18)26)31-17-5-11-27-13-15-28(16-14-27)20-6-3-4-7-21(20)30-2/h3-4,6-7,9,12,29H,5,8,10-11,13-17H2,1-2H3. The number of aryl methyl sites for hydroxylation is 1. The average Bonchev–Trinajstić information content (AvgIpc) is 3.09. The number of fused-ring (bicyclic) bond motifs is 1. The number of para-hydroxylation sites is 2. The Kier molecular flexibility index (Phi) is 6.76. The third-order valence-electron chi connectivity index (χ3n) is 5.97. The van der Waals surface area contributed by atoms with Crippen LogP contribution in [-0.2, 0) is 11.8 Å². The highest BCUT2D eigenvalue weighted by Gasteiger charge is 2.23. The summed E-state index contributed by atoms with van der Waals surface area (Å²) in [5, 5.41) is 12.8. The Hall–Kier alpha value is -3.00. The Bertz CT molecular complexity index is 944. The van der Waals surface area contributed by atoms with Crippen molar-refractivity contribution in [2.45, 2.75) is 12.8 Å². The first-order valence-electron chi connectivity index (χ1n) is 10.9. The summed E-state index contributed by atoms with van der Waals surface area (Å²) in [5.74, 6) is 1.57. The van der Waals surface area contributed by atoms with Gasteiger partial charge in [0, 0.05) is 64.5 Å². The van der Waals surface area contributed by atoms with Crippen molar-refractivity contribution in [1.29, 1.82) is 0 Å². The zero-order valence-corrected chi connectivity index (χ0v) is 18.3. The monoisotopic (exact) mass is 425 g/mol. The largest absolute Gasteiger partial charge is 0.495 e. The van der Waals surface area contributed by atoms with Gasteiger partial charge in [0.05, 0.1) is 25.1 Å². The first kappa shape index (κ1) is 21.2. The minimum Gasteiger partial charge on any atom is -0.495 e. The van der Waals surface area contributed by atoms with Gasteiger partial charge in [0.1, 0.15) is 11.4 Å². The number of ether oxygens (including phenoxy) is 2. The van der Waals surface area contributed by atoms with Gasteiger partial charge in [-0.1, -0.05) is 17.3 Å². The van der Waals surface area contributed by atoms with E-state index in [9.17, 15) is 5.21 Å². The molecule has 0 atom stereocenters. The Balaban J connectivity index is 1.26. The normalized spacial score (nSPS) is 18.5. The van der Waals surface area contributed by atoms with Crippen LogP contribution in [0.5, 0.6) is 5.75 Å². The molecule has 0 radical (unpaired) electrons. The van der Waals surface area contributed by atoms with Crippen molar-refractivity contribution in [3.63, 3.8) is 0 Å². The fraction of sp³-hybridized carbons (Fsp3) is 0.478. The van der Waals surface area contributed by atoms with Gasteiger partial charge in [-0.05, 0) is 24.6 Å². The number of nitrogens with zero attached hydrogens (tertiary/aromatic N) is 5. The highest BCUT2D eigenvalue weighted by Crippen LogP contribution is 2.28. The maximum Gasteiger partial charge on any atom is 0.233 e.